The molecule has 6 nitrogen and oxygen atoms in total. The summed E-state index contributed by atoms with van der Waals surface area (Å²) in [5, 5.41) is 2.64. The first-order valence-electron chi connectivity index (χ1n) is 6.36. The third-order valence-electron chi connectivity index (χ3n) is 2.75. The Kier molecular flexibility index (Phi) is 6.52. The van der Waals surface area contributed by atoms with Crippen molar-refractivity contribution >= 4 is 12.0 Å². The topological polar surface area (TPSA) is 90.7 Å². The van der Waals surface area contributed by atoms with Crippen LogP contribution in [0.4, 0.5) is 4.79 Å². The number of benzene rings is 1. The van der Waals surface area contributed by atoms with Gasteiger partial charge in [-0.25, -0.2) is 4.79 Å². The van der Waals surface area contributed by atoms with Crippen molar-refractivity contribution in [3.63, 3.8) is 0 Å². The normalized spacial score (nSPS) is 13.3. The van der Waals surface area contributed by atoms with Crippen molar-refractivity contribution in [2.75, 3.05) is 6.61 Å². The van der Waals surface area contributed by atoms with Crippen LogP contribution in [0.2, 0.25) is 0 Å². The lowest BCUT2D eigenvalue weighted by Crippen LogP contribution is -2.42. The highest BCUT2D eigenvalue weighted by Gasteiger charge is 2.16. The van der Waals surface area contributed by atoms with Gasteiger partial charge in [-0.05, 0) is 19.4 Å². The average Bonchev–Trinajstić information content (AvgIpc) is 2.43. The van der Waals surface area contributed by atoms with Crippen molar-refractivity contribution < 1.29 is 19.1 Å². The van der Waals surface area contributed by atoms with Gasteiger partial charge in [-0.2, -0.15) is 0 Å². The van der Waals surface area contributed by atoms with E-state index in [1.807, 2.05) is 30.3 Å². The molecule has 0 aliphatic heterocycles. The van der Waals surface area contributed by atoms with E-state index in [-0.39, 0.29) is 25.4 Å². The molecule has 1 aromatic rings. The van der Waals surface area contributed by atoms with E-state index in [0.717, 1.165) is 5.56 Å². The van der Waals surface area contributed by atoms with Crippen molar-refractivity contribution in [1.29, 1.82) is 0 Å². The molecular formula is C14H20N2O4. The number of hydrogen-bond acceptors (Lipinski definition) is 4. The Morgan fingerprint density at radius 1 is 1.25 bits per heavy atom. The molecule has 0 bridgehead atoms. The van der Waals surface area contributed by atoms with Gasteiger partial charge in [0, 0.05) is 0 Å². The van der Waals surface area contributed by atoms with Gasteiger partial charge >= 0.3 is 6.09 Å². The fourth-order valence-corrected chi connectivity index (χ4v) is 1.43. The zero-order valence-corrected chi connectivity index (χ0v) is 11.7. The van der Waals surface area contributed by atoms with Crippen LogP contribution in [0.1, 0.15) is 19.4 Å². The molecule has 6 heteroatoms. The molecule has 2 atom stereocenters. The summed E-state index contributed by atoms with van der Waals surface area (Å²) in [7, 11) is 0. The van der Waals surface area contributed by atoms with Gasteiger partial charge in [-0.3, -0.25) is 4.79 Å². The third-order valence-corrected chi connectivity index (χ3v) is 2.75. The lowest BCUT2D eigenvalue weighted by molar-refractivity contribution is -0.124. The smallest absolute Gasteiger partial charge is 0.407 e. The van der Waals surface area contributed by atoms with Crippen molar-refractivity contribution in [2.45, 2.75) is 32.6 Å². The average molecular weight is 280 g/mol. The largest absolute Gasteiger partial charge is 0.445 e. The van der Waals surface area contributed by atoms with Crippen LogP contribution in [0.3, 0.4) is 0 Å². The number of amides is 2. The van der Waals surface area contributed by atoms with Crippen LogP contribution < -0.4 is 11.1 Å². The van der Waals surface area contributed by atoms with Gasteiger partial charge in [0.15, 0.2) is 0 Å². The Morgan fingerprint density at radius 2 is 1.90 bits per heavy atom. The van der Waals surface area contributed by atoms with Crippen LogP contribution in [0.5, 0.6) is 0 Å². The van der Waals surface area contributed by atoms with Crippen LogP contribution >= 0.6 is 0 Å². The van der Waals surface area contributed by atoms with Crippen molar-refractivity contribution in [1.82, 2.24) is 5.32 Å². The molecule has 0 aliphatic carbocycles. The minimum Gasteiger partial charge on any atom is -0.445 e. The first-order valence-corrected chi connectivity index (χ1v) is 6.36. The highest BCUT2D eigenvalue weighted by molar-refractivity contribution is 5.75. The van der Waals surface area contributed by atoms with Gasteiger partial charge in [0.2, 0.25) is 5.91 Å². The van der Waals surface area contributed by atoms with Crippen LogP contribution in [0.25, 0.3) is 0 Å². The number of carbonyl (C=O) groups excluding carboxylic acids is 2. The number of nitrogens with one attached hydrogen (secondary N) is 1. The Morgan fingerprint density at radius 3 is 2.50 bits per heavy atom. The molecule has 0 unspecified atom stereocenters. The van der Waals surface area contributed by atoms with Gasteiger partial charge in [-0.1, -0.05) is 30.3 Å². The fraction of sp³-hybridized carbons (Fsp3) is 0.429. The second-order valence-electron chi connectivity index (χ2n) is 4.48. The summed E-state index contributed by atoms with van der Waals surface area (Å²) in [5.74, 6) is -0.546. The molecule has 0 fully saturated rings. The van der Waals surface area contributed by atoms with Crippen molar-refractivity contribution in [3.8, 4) is 0 Å². The minimum absolute atomic E-state index is 0.174. The summed E-state index contributed by atoms with van der Waals surface area (Å²) in [5.41, 5.74) is 5.89. The van der Waals surface area contributed by atoms with E-state index in [1.54, 1.807) is 13.8 Å². The van der Waals surface area contributed by atoms with Gasteiger partial charge in [0.1, 0.15) is 13.2 Å². The molecule has 0 heterocycles. The quantitative estimate of drug-likeness (QED) is 0.785. The number of ether oxygens (including phenoxy) is 2. The molecule has 20 heavy (non-hydrogen) atoms. The first kappa shape index (κ1) is 16.0. The zero-order valence-electron chi connectivity index (χ0n) is 11.7. The van der Waals surface area contributed by atoms with E-state index in [9.17, 15) is 9.59 Å². The summed E-state index contributed by atoms with van der Waals surface area (Å²) in [6.07, 6.45) is -0.873. The van der Waals surface area contributed by atoms with E-state index >= 15 is 0 Å². The number of alkyl carbamates (subject to hydrolysis) is 1. The van der Waals surface area contributed by atoms with Crippen LogP contribution in [-0.4, -0.2) is 30.8 Å². The standard InChI is InChI=1S/C14H20N2O4/c1-10(11(2)19-9-13(15)17)16-14(18)20-8-12-6-4-3-5-7-12/h3-7,10-11H,8-9H2,1-2H3,(H2,15,17)(H,16,18)/t10-,11-/m1/s1. The van der Waals surface area contributed by atoms with Gasteiger partial charge in [0.05, 0.1) is 12.1 Å². The predicted octanol–water partition coefficient (Wildman–Crippen LogP) is 1.19. The SMILES string of the molecule is C[C@@H](NC(=O)OCc1ccccc1)[C@@H](C)OCC(N)=O. The van der Waals surface area contributed by atoms with Gasteiger partial charge in [-0.15, -0.1) is 0 Å². The maximum Gasteiger partial charge on any atom is 0.407 e. The lowest BCUT2D eigenvalue weighted by atomic mass is 10.2. The highest BCUT2D eigenvalue weighted by atomic mass is 16.5. The number of rotatable bonds is 7. The summed E-state index contributed by atoms with van der Waals surface area (Å²) < 4.78 is 10.3. The van der Waals surface area contributed by atoms with Gasteiger partial charge in [0.25, 0.3) is 0 Å². The predicted molar refractivity (Wildman–Crippen MR) is 73.8 cm³/mol. The summed E-state index contributed by atoms with van der Waals surface area (Å²) >= 11 is 0. The first-order chi connectivity index (χ1) is 9.49. The molecule has 110 valence electrons. The summed E-state index contributed by atoms with van der Waals surface area (Å²) in [6.45, 7) is 3.53. The molecule has 0 aromatic heterocycles. The molecular weight excluding hydrogens is 260 g/mol. The van der Waals surface area contributed by atoms with Crippen LogP contribution in [0.15, 0.2) is 30.3 Å². The molecule has 0 saturated heterocycles. The monoisotopic (exact) mass is 280 g/mol. The number of carbonyl (C=O) groups is 2. The molecule has 0 saturated carbocycles. The second kappa shape index (κ2) is 8.16. The Labute approximate surface area is 118 Å². The highest BCUT2D eigenvalue weighted by Crippen LogP contribution is 2.02. The molecule has 3 N–H and O–H groups in total. The Balaban J connectivity index is 2.29. The molecule has 1 rings (SSSR count). The zero-order chi connectivity index (χ0) is 15.0. The molecule has 0 spiro atoms. The van der Waals surface area contributed by atoms with Crippen molar-refractivity contribution in [2.24, 2.45) is 5.73 Å². The number of primary amides is 1. The van der Waals surface area contributed by atoms with E-state index in [1.165, 1.54) is 0 Å². The van der Waals surface area contributed by atoms with Gasteiger partial charge < -0.3 is 20.5 Å². The Hall–Kier alpha value is -2.08. The van der Waals surface area contributed by atoms with E-state index in [0.29, 0.717) is 0 Å². The molecule has 2 amide bonds. The number of nitrogens with two attached hydrogens (primary N) is 1. The lowest BCUT2D eigenvalue weighted by Gasteiger charge is -2.20. The molecule has 1 aromatic carbocycles. The fourth-order valence-electron chi connectivity index (χ4n) is 1.43. The van der Waals surface area contributed by atoms with E-state index < -0.39 is 12.0 Å². The van der Waals surface area contributed by atoms with Crippen LogP contribution in [-0.2, 0) is 20.9 Å². The summed E-state index contributed by atoms with van der Waals surface area (Å²) in [6, 6.07) is 9.09. The maximum absolute atomic E-state index is 11.6. The Bertz CT molecular complexity index is 436. The van der Waals surface area contributed by atoms with Crippen LogP contribution in [0, 0.1) is 0 Å². The van der Waals surface area contributed by atoms with Crippen molar-refractivity contribution in [3.05, 3.63) is 35.9 Å². The van der Waals surface area contributed by atoms with E-state index in [2.05, 4.69) is 5.32 Å². The summed E-state index contributed by atoms with van der Waals surface area (Å²) in [4.78, 5) is 22.2. The molecule has 0 aliphatic rings. The minimum atomic E-state index is -0.546. The maximum atomic E-state index is 11.6. The number of hydrogen-bond donors (Lipinski definition) is 2. The molecule has 0 radical (unpaired) electrons. The van der Waals surface area contributed by atoms with E-state index in [4.69, 9.17) is 15.2 Å². The second-order valence-corrected chi connectivity index (χ2v) is 4.48. The third kappa shape index (κ3) is 6.19.